The normalized spacial score (nSPS) is 11.3. The van der Waals surface area contributed by atoms with Crippen LogP contribution >= 0.6 is 0 Å². The zero-order chi connectivity index (χ0) is 3.98. The molecule has 0 bridgehead atoms. The molecule has 2 nitrogen and oxygen atoms in total. The first-order chi connectivity index (χ1) is 2.97. The van der Waals surface area contributed by atoms with Crippen LogP contribution in [0.4, 0.5) is 0 Å². The second-order valence-corrected chi connectivity index (χ2v) is 5.41. The van der Waals surface area contributed by atoms with Gasteiger partial charge in [-0.2, -0.15) is 0 Å². The molecule has 0 fully saturated rings. The number of hydrogen-bond acceptors (Lipinski definition) is 0. The zero-order valence-corrected chi connectivity index (χ0v) is 6.83. The standard InChI is InChI=1S/C3H3N2.La/c1-2-4-5-3-1;/h1-3H;/q-1;+2. The van der Waals surface area contributed by atoms with Gasteiger partial charge in [0, 0.05) is 0 Å². The number of aromatic nitrogens is 2. The SMILES string of the molecule is c1c[n]2[n+](c1)[La]2. The van der Waals surface area contributed by atoms with Crippen LogP contribution in [0.1, 0.15) is 0 Å². The van der Waals surface area contributed by atoms with Crippen molar-refractivity contribution < 1.29 is 34.0 Å². The van der Waals surface area contributed by atoms with Gasteiger partial charge in [0.15, 0.2) is 0 Å². The third-order valence-corrected chi connectivity index (χ3v) is 4.41. The van der Waals surface area contributed by atoms with Crippen LogP contribution in [0.25, 0.3) is 0 Å². The summed E-state index contributed by atoms with van der Waals surface area (Å²) >= 11 is -0.380. The van der Waals surface area contributed by atoms with E-state index in [0.29, 0.717) is 0 Å². The van der Waals surface area contributed by atoms with E-state index < -0.39 is 0 Å². The van der Waals surface area contributed by atoms with E-state index in [0.717, 1.165) is 0 Å². The van der Waals surface area contributed by atoms with Crippen LogP contribution in [-0.4, -0.2) is 1.45 Å². The van der Waals surface area contributed by atoms with Crippen LogP contribution in [0.2, 0.25) is 0 Å². The number of nitrogens with zero attached hydrogens (tertiary/aromatic N) is 2. The Bertz CT molecular complexity index is 153. The molecule has 0 amide bonds. The summed E-state index contributed by atoms with van der Waals surface area (Å²) in [6.45, 7) is 0. The molecule has 0 saturated carbocycles. The fraction of sp³-hybridized carbons (Fsp3) is 0. The van der Waals surface area contributed by atoms with E-state index in [1.54, 1.807) is 0 Å². The minimum atomic E-state index is -0.380. The zero-order valence-electron chi connectivity index (χ0n) is 3.20. The Morgan fingerprint density at radius 2 is 2.67 bits per heavy atom. The van der Waals surface area contributed by atoms with Crippen molar-refractivity contribution in [3.05, 3.63) is 18.5 Å². The first-order valence-electron chi connectivity index (χ1n) is 1.90. The molecule has 6 heavy (non-hydrogen) atoms. The van der Waals surface area contributed by atoms with Crippen LogP contribution in [0, 0.1) is 32.6 Å². The molecule has 0 saturated heterocycles. The van der Waals surface area contributed by atoms with E-state index in [4.69, 9.17) is 0 Å². The van der Waals surface area contributed by atoms with Crippen molar-refractivity contribution in [1.82, 2.24) is 1.45 Å². The van der Waals surface area contributed by atoms with Crippen molar-refractivity contribution in [2.45, 2.75) is 0 Å². The van der Waals surface area contributed by atoms with Crippen LogP contribution in [0.15, 0.2) is 18.5 Å². The third kappa shape index (κ3) is 0.332. The monoisotopic (exact) mass is 206 g/mol. The topological polar surface area (TPSA) is 8.81 Å². The van der Waals surface area contributed by atoms with E-state index >= 15 is 0 Å². The predicted octanol–water partition coefficient (Wildman–Crippen LogP) is -0.600. The van der Waals surface area contributed by atoms with E-state index in [1.165, 1.54) is 0 Å². The molecule has 0 unspecified atom stereocenters. The molecule has 0 N–H and O–H groups in total. The first-order valence-corrected chi connectivity index (χ1v) is 5.14. The Kier molecular flexibility index (Phi) is 0.551. The molecule has 0 atom stereocenters. The summed E-state index contributed by atoms with van der Waals surface area (Å²) in [7, 11) is 0. The molecule has 0 aliphatic carbocycles. The summed E-state index contributed by atoms with van der Waals surface area (Å²) < 4.78 is 4.67. The molecule has 1 aliphatic heterocycles. The van der Waals surface area contributed by atoms with Crippen LogP contribution in [0.3, 0.4) is 0 Å². The van der Waals surface area contributed by atoms with Crippen molar-refractivity contribution in [3.63, 3.8) is 0 Å². The Morgan fingerprint density at radius 3 is 2.83 bits per heavy atom. The number of rotatable bonds is 0. The summed E-state index contributed by atoms with van der Waals surface area (Å²) in [6.07, 6.45) is 4.30. The van der Waals surface area contributed by atoms with Gasteiger partial charge in [0.1, 0.15) is 0 Å². The molecule has 1 aromatic heterocycles. The fourth-order valence-corrected chi connectivity index (χ4v) is 2.75. The fourth-order valence-electron chi connectivity index (χ4n) is 0.544. The maximum absolute atomic E-state index is 2.33. The van der Waals surface area contributed by atoms with Crippen molar-refractivity contribution in [1.29, 1.82) is 0 Å². The second-order valence-electron chi connectivity index (χ2n) is 1.37. The van der Waals surface area contributed by atoms with Gasteiger partial charge in [-0.3, -0.25) is 0 Å². The van der Waals surface area contributed by atoms with Crippen molar-refractivity contribution in [3.8, 4) is 0 Å². The summed E-state index contributed by atoms with van der Waals surface area (Å²) in [5.41, 5.74) is 0. The van der Waals surface area contributed by atoms with Gasteiger partial charge in [0.2, 0.25) is 0 Å². The summed E-state index contributed by atoms with van der Waals surface area (Å²) in [5.74, 6) is 0. The number of hydrogen-bond donors (Lipinski definition) is 0. The van der Waals surface area contributed by atoms with Gasteiger partial charge < -0.3 is 0 Å². The Labute approximate surface area is 53.6 Å². The molecule has 1 aromatic rings. The molecule has 27 valence electrons. The minimum absolute atomic E-state index is 0.380. The van der Waals surface area contributed by atoms with E-state index in [-0.39, 0.29) is 32.6 Å². The Morgan fingerprint density at radius 1 is 1.67 bits per heavy atom. The quantitative estimate of drug-likeness (QED) is 0.544. The van der Waals surface area contributed by atoms with E-state index in [2.05, 4.69) is 21.4 Å². The Hall–Kier alpha value is 0.405. The molecule has 3 heteroatoms. The molecule has 0 radical (unpaired) electrons. The third-order valence-electron chi connectivity index (χ3n) is 0.926. The van der Waals surface area contributed by atoms with Crippen molar-refractivity contribution >= 4 is 0 Å². The van der Waals surface area contributed by atoms with Crippen LogP contribution in [-0.2, 0) is 0 Å². The predicted molar refractivity (Wildman–Crippen MR) is 15.4 cm³/mol. The molecular formula is C3H3LaN2+. The van der Waals surface area contributed by atoms with Gasteiger partial charge in [0.05, 0.1) is 0 Å². The average Bonchev–Trinajstić information content (AvgIpc) is 2.17. The summed E-state index contributed by atoms with van der Waals surface area (Å²) in [5, 5.41) is 0. The van der Waals surface area contributed by atoms with E-state index in [9.17, 15) is 0 Å². The van der Waals surface area contributed by atoms with Gasteiger partial charge in [-0.25, -0.2) is 0 Å². The molecular weight excluding hydrogens is 203 g/mol. The van der Waals surface area contributed by atoms with Gasteiger partial charge in [-0.15, -0.1) is 0 Å². The Balaban J connectivity index is 2.88. The van der Waals surface area contributed by atoms with Crippen molar-refractivity contribution in [2.24, 2.45) is 0 Å². The first kappa shape index (κ1) is 3.41. The van der Waals surface area contributed by atoms with Gasteiger partial charge in [-0.05, 0) is 0 Å². The van der Waals surface area contributed by atoms with Crippen LogP contribution < -0.4 is 1.45 Å². The summed E-state index contributed by atoms with van der Waals surface area (Å²) in [6, 6.07) is 2.08. The molecule has 0 aromatic carbocycles. The van der Waals surface area contributed by atoms with Crippen LogP contribution in [0.5, 0.6) is 0 Å². The second kappa shape index (κ2) is 0.969. The van der Waals surface area contributed by atoms with Gasteiger partial charge in [-0.1, -0.05) is 0 Å². The van der Waals surface area contributed by atoms with E-state index in [1.807, 2.05) is 0 Å². The average molecular weight is 206 g/mol. The maximum atomic E-state index is 2.33. The van der Waals surface area contributed by atoms with Gasteiger partial charge >= 0.3 is 53.9 Å². The molecule has 2 heterocycles. The molecule has 2 rings (SSSR count). The molecule has 1 aliphatic rings. The van der Waals surface area contributed by atoms with Gasteiger partial charge in [0.25, 0.3) is 0 Å². The molecule has 0 spiro atoms. The number of fused-ring (bicyclic) bond motifs is 1. The summed E-state index contributed by atoms with van der Waals surface area (Å²) in [4.78, 5) is 0. The van der Waals surface area contributed by atoms with Crippen molar-refractivity contribution in [2.75, 3.05) is 0 Å².